The molecule has 0 aromatic rings. The fourth-order valence-corrected chi connectivity index (χ4v) is 1.13. The summed E-state index contributed by atoms with van der Waals surface area (Å²) in [5.41, 5.74) is 10.3. The van der Waals surface area contributed by atoms with Gasteiger partial charge < -0.3 is 11.5 Å². The van der Waals surface area contributed by atoms with Crippen LogP contribution in [0.4, 0.5) is 0 Å². The van der Waals surface area contributed by atoms with Crippen LogP contribution >= 0.6 is 24.8 Å². The highest BCUT2D eigenvalue weighted by Gasteiger charge is 2.06. The molecule has 1 aliphatic rings. The number of nitrogens with two attached hydrogens (primary N) is 2. The highest BCUT2D eigenvalue weighted by atomic mass is 32.1. The molecular weight excluding hydrogens is 176 g/mol. The molecule has 0 aromatic heterocycles. The summed E-state index contributed by atoms with van der Waals surface area (Å²) in [5.74, 6) is 0. The van der Waals surface area contributed by atoms with E-state index in [-0.39, 0.29) is 4.32 Å². The van der Waals surface area contributed by atoms with Crippen LogP contribution in [0.5, 0.6) is 0 Å². The quantitative estimate of drug-likeness (QED) is 0.402. The van der Waals surface area contributed by atoms with Gasteiger partial charge in [-0.1, -0.05) is 31.5 Å². The minimum Gasteiger partial charge on any atom is -0.385 e. The molecule has 0 saturated heterocycles. The summed E-state index contributed by atoms with van der Waals surface area (Å²) in [6.45, 7) is 0. The van der Waals surface area contributed by atoms with Gasteiger partial charge in [0.15, 0.2) is 0 Å². The molecular formula is C7H16N2S2. The first kappa shape index (κ1) is 11.2. The van der Waals surface area contributed by atoms with Gasteiger partial charge in [0, 0.05) is 6.04 Å². The maximum absolute atomic E-state index is 5.63. The molecule has 0 aliphatic heterocycles. The van der Waals surface area contributed by atoms with Crippen LogP contribution in [0.2, 0.25) is 0 Å². The molecule has 2 nitrogen and oxygen atoms in total. The van der Waals surface area contributed by atoms with Crippen LogP contribution in [-0.4, -0.2) is 10.4 Å². The number of thiocarbonyl (C=S) groups is 1. The topological polar surface area (TPSA) is 52.0 Å². The van der Waals surface area contributed by atoms with Gasteiger partial charge in [-0.15, -0.1) is 12.6 Å². The predicted molar refractivity (Wildman–Crippen MR) is 56.8 cm³/mol. The highest BCUT2D eigenvalue weighted by molar-refractivity contribution is 8.10. The lowest BCUT2D eigenvalue weighted by molar-refractivity contribution is 0.441. The van der Waals surface area contributed by atoms with E-state index < -0.39 is 0 Å². The smallest absolute Gasteiger partial charge is 0.128 e. The number of hydrogen-bond donors (Lipinski definition) is 3. The van der Waals surface area contributed by atoms with E-state index in [1.54, 1.807) is 0 Å². The summed E-state index contributed by atoms with van der Waals surface area (Å²) in [6.07, 6.45) is 6.66. The number of hydrogen-bond acceptors (Lipinski definition) is 2. The van der Waals surface area contributed by atoms with Crippen molar-refractivity contribution in [3.05, 3.63) is 0 Å². The molecule has 0 radical (unpaired) electrons. The van der Waals surface area contributed by atoms with Gasteiger partial charge in [0.05, 0.1) is 0 Å². The third kappa shape index (κ3) is 10.2. The molecule has 1 fully saturated rings. The van der Waals surface area contributed by atoms with E-state index in [0.29, 0.717) is 6.04 Å². The molecule has 0 bridgehead atoms. The Hall–Kier alpha value is 0.200. The molecule has 0 unspecified atom stereocenters. The van der Waals surface area contributed by atoms with E-state index in [0.717, 1.165) is 0 Å². The molecule has 4 heteroatoms. The third-order valence-electron chi connectivity index (χ3n) is 1.65. The van der Waals surface area contributed by atoms with Crippen molar-refractivity contribution in [1.29, 1.82) is 0 Å². The van der Waals surface area contributed by atoms with Crippen LogP contribution in [0.3, 0.4) is 0 Å². The molecule has 0 spiro atoms. The van der Waals surface area contributed by atoms with E-state index in [4.69, 9.17) is 11.5 Å². The van der Waals surface area contributed by atoms with Crippen LogP contribution in [0.1, 0.15) is 32.1 Å². The lowest BCUT2D eigenvalue weighted by Crippen LogP contribution is -2.22. The van der Waals surface area contributed by atoms with Crippen molar-refractivity contribution in [3.63, 3.8) is 0 Å². The third-order valence-corrected chi connectivity index (χ3v) is 1.65. The molecule has 1 saturated carbocycles. The first-order chi connectivity index (χ1) is 5.13. The van der Waals surface area contributed by atoms with Crippen LogP contribution in [0.15, 0.2) is 0 Å². The van der Waals surface area contributed by atoms with Crippen LogP contribution < -0.4 is 11.5 Å². The summed E-state index contributed by atoms with van der Waals surface area (Å²) >= 11 is 7.65. The second kappa shape index (κ2) is 6.88. The Kier molecular flexibility index (Phi) is 7.01. The van der Waals surface area contributed by atoms with Crippen molar-refractivity contribution in [2.45, 2.75) is 38.1 Å². The summed E-state index contributed by atoms with van der Waals surface area (Å²) in [5, 5.41) is 0. The molecule has 0 heterocycles. The SMILES string of the molecule is NC(=S)S.NC1CCCCC1. The van der Waals surface area contributed by atoms with Gasteiger partial charge >= 0.3 is 0 Å². The Bertz CT molecular complexity index is 107. The van der Waals surface area contributed by atoms with Crippen LogP contribution in [0.25, 0.3) is 0 Å². The van der Waals surface area contributed by atoms with Gasteiger partial charge in [0.2, 0.25) is 0 Å². The Balaban J connectivity index is 0.000000218. The van der Waals surface area contributed by atoms with Crippen molar-refractivity contribution in [2.75, 3.05) is 0 Å². The largest absolute Gasteiger partial charge is 0.385 e. The fraction of sp³-hybridized carbons (Fsp3) is 0.857. The van der Waals surface area contributed by atoms with Crippen molar-refractivity contribution in [1.82, 2.24) is 0 Å². The maximum atomic E-state index is 5.63. The number of thiol groups is 1. The molecule has 0 aromatic carbocycles. The summed E-state index contributed by atoms with van der Waals surface area (Å²) in [4.78, 5) is 0. The Morgan fingerprint density at radius 1 is 1.27 bits per heavy atom. The Labute approximate surface area is 79.1 Å². The minimum absolute atomic E-state index is 0.194. The lowest BCUT2D eigenvalue weighted by Gasteiger charge is -2.15. The summed E-state index contributed by atoms with van der Waals surface area (Å²) in [6, 6.07) is 0.536. The van der Waals surface area contributed by atoms with Gasteiger partial charge in [-0.2, -0.15) is 0 Å². The van der Waals surface area contributed by atoms with Gasteiger partial charge in [0.1, 0.15) is 4.32 Å². The van der Waals surface area contributed by atoms with E-state index in [9.17, 15) is 0 Å². The second-order valence-electron chi connectivity index (χ2n) is 2.74. The second-order valence-corrected chi connectivity index (χ2v) is 3.96. The lowest BCUT2D eigenvalue weighted by atomic mass is 9.97. The van der Waals surface area contributed by atoms with E-state index in [1.165, 1.54) is 32.1 Å². The first-order valence-electron chi connectivity index (χ1n) is 3.87. The van der Waals surface area contributed by atoms with Gasteiger partial charge in [-0.3, -0.25) is 0 Å². The number of rotatable bonds is 0. The molecule has 11 heavy (non-hydrogen) atoms. The predicted octanol–water partition coefficient (Wildman–Crippen LogP) is 1.44. The average Bonchev–Trinajstić information content (AvgIpc) is 1.87. The highest BCUT2D eigenvalue weighted by Crippen LogP contribution is 2.14. The zero-order chi connectivity index (χ0) is 8.69. The Morgan fingerprint density at radius 3 is 1.82 bits per heavy atom. The average molecular weight is 192 g/mol. The van der Waals surface area contributed by atoms with Crippen molar-refractivity contribution < 1.29 is 0 Å². The standard InChI is InChI=1S/C6H13N.CH3NS2/c7-6-4-2-1-3-5-6;2-1(3)4/h6H,1-5,7H2;(H3,2,3,4). The fourth-order valence-electron chi connectivity index (χ4n) is 1.13. The molecule has 66 valence electrons. The molecule has 0 amide bonds. The normalized spacial score (nSPS) is 18.4. The van der Waals surface area contributed by atoms with Gasteiger partial charge in [0.25, 0.3) is 0 Å². The molecule has 1 rings (SSSR count). The van der Waals surface area contributed by atoms with Gasteiger partial charge in [-0.05, 0) is 12.8 Å². The monoisotopic (exact) mass is 192 g/mol. The summed E-state index contributed by atoms with van der Waals surface area (Å²) in [7, 11) is 0. The van der Waals surface area contributed by atoms with Crippen LogP contribution in [0, 0.1) is 0 Å². The van der Waals surface area contributed by atoms with E-state index >= 15 is 0 Å². The first-order valence-corrected chi connectivity index (χ1v) is 4.72. The Morgan fingerprint density at radius 2 is 1.64 bits per heavy atom. The van der Waals surface area contributed by atoms with Crippen LogP contribution in [-0.2, 0) is 0 Å². The van der Waals surface area contributed by atoms with E-state index in [2.05, 4.69) is 24.8 Å². The maximum Gasteiger partial charge on any atom is 0.128 e. The zero-order valence-corrected chi connectivity index (χ0v) is 8.33. The minimum atomic E-state index is 0.194. The van der Waals surface area contributed by atoms with Crippen molar-refractivity contribution >= 4 is 29.2 Å². The zero-order valence-electron chi connectivity index (χ0n) is 6.62. The van der Waals surface area contributed by atoms with Gasteiger partial charge in [-0.25, -0.2) is 0 Å². The van der Waals surface area contributed by atoms with Crippen molar-refractivity contribution in [3.8, 4) is 0 Å². The molecule has 4 N–H and O–H groups in total. The molecule has 1 aliphatic carbocycles. The van der Waals surface area contributed by atoms with E-state index in [1.807, 2.05) is 0 Å². The molecule has 0 atom stereocenters. The summed E-state index contributed by atoms with van der Waals surface area (Å²) < 4.78 is 0.194. The van der Waals surface area contributed by atoms with Crippen molar-refractivity contribution in [2.24, 2.45) is 11.5 Å².